The average Bonchev–Trinajstić information content (AvgIpc) is 3.30. The Morgan fingerprint density at radius 1 is 1.23 bits per heavy atom. The van der Waals surface area contributed by atoms with Gasteiger partial charge in [-0.15, -0.1) is 0 Å². The third kappa shape index (κ3) is 3.72. The maximum Gasteiger partial charge on any atom is 0.222 e. The summed E-state index contributed by atoms with van der Waals surface area (Å²) in [7, 11) is 0. The molecule has 4 heterocycles. The summed E-state index contributed by atoms with van der Waals surface area (Å²) in [6, 6.07) is 7.99. The van der Waals surface area contributed by atoms with Gasteiger partial charge in [0, 0.05) is 18.3 Å². The Morgan fingerprint density at radius 3 is 2.77 bits per heavy atom. The zero-order valence-corrected chi connectivity index (χ0v) is 17.9. The van der Waals surface area contributed by atoms with E-state index in [1.54, 1.807) is 6.20 Å². The first-order valence-corrected chi connectivity index (χ1v) is 10.1. The maximum atomic E-state index is 5.73. The van der Waals surface area contributed by atoms with E-state index in [9.17, 15) is 0 Å². The van der Waals surface area contributed by atoms with Gasteiger partial charge in [0.25, 0.3) is 0 Å². The highest BCUT2D eigenvalue weighted by atomic mass is 16.5. The quantitative estimate of drug-likeness (QED) is 0.476. The second-order valence-corrected chi connectivity index (χ2v) is 7.45. The van der Waals surface area contributed by atoms with Crippen molar-refractivity contribution < 1.29 is 9.26 Å². The van der Waals surface area contributed by atoms with Crippen molar-refractivity contribution >= 4 is 16.7 Å². The van der Waals surface area contributed by atoms with Gasteiger partial charge in [-0.25, -0.2) is 9.97 Å². The zero-order valence-electron chi connectivity index (χ0n) is 17.9. The fraction of sp³-hybridized carbons (Fsp3) is 0.364. The lowest BCUT2D eigenvalue weighted by atomic mass is 10.1. The molecule has 0 bridgehead atoms. The summed E-state index contributed by atoms with van der Waals surface area (Å²) in [5.41, 5.74) is 6.09. The van der Waals surface area contributed by atoms with E-state index in [2.05, 4.69) is 29.3 Å². The molecule has 0 aliphatic rings. The zero-order chi connectivity index (χ0) is 21.3. The molecule has 8 heteroatoms. The number of aryl methyl sites for hydroxylation is 2. The van der Waals surface area contributed by atoms with Crippen LogP contribution in [0.15, 0.2) is 35.0 Å². The molecule has 0 amide bonds. The van der Waals surface area contributed by atoms with Crippen molar-refractivity contribution in [1.82, 2.24) is 24.9 Å². The van der Waals surface area contributed by atoms with E-state index in [1.807, 2.05) is 49.7 Å². The van der Waals surface area contributed by atoms with Crippen LogP contribution in [0.1, 0.15) is 44.0 Å². The van der Waals surface area contributed by atoms with Crippen molar-refractivity contribution in [2.45, 2.75) is 47.2 Å². The Hall–Kier alpha value is -3.42. The van der Waals surface area contributed by atoms with Gasteiger partial charge in [0.15, 0.2) is 5.76 Å². The minimum Gasteiger partial charge on any atom is -0.477 e. The normalized spacial score (nSPS) is 11.4. The fourth-order valence-electron chi connectivity index (χ4n) is 3.45. The van der Waals surface area contributed by atoms with Gasteiger partial charge in [0.05, 0.1) is 41.5 Å². The molecule has 0 aliphatic carbocycles. The van der Waals surface area contributed by atoms with Crippen LogP contribution < -0.4 is 10.1 Å². The third-order valence-corrected chi connectivity index (χ3v) is 4.77. The molecule has 1 N–H and O–H groups in total. The molecule has 0 fully saturated rings. The van der Waals surface area contributed by atoms with Crippen LogP contribution in [0.2, 0.25) is 0 Å². The molecule has 0 saturated heterocycles. The predicted molar refractivity (Wildman–Crippen MR) is 116 cm³/mol. The van der Waals surface area contributed by atoms with E-state index in [0.29, 0.717) is 19.0 Å². The number of nitrogens with one attached hydrogen (secondary N) is 1. The standard InChI is InChI=1S/C22H26N6O2/c1-6-29-22-17(8-7-9-23-22)18-11-19(24-12-16-10-14(4)27-30-16)21-20(25-18)15(5)26-28(21)13(2)3/h7-11,13H,6,12H2,1-5H3,(H,24,25). The molecule has 4 aromatic rings. The van der Waals surface area contributed by atoms with Gasteiger partial charge in [-0.3, -0.25) is 4.68 Å². The highest BCUT2D eigenvalue weighted by Crippen LogP contribution is 2.34. The smallest absolute Gasteiger partial charge is 0.222 e. The Kier molecular flexibility index (Phi) is 5.39. The summed E-state index contributed by atoms with van der Waals surface area (Å²) in [6.07, 6.45) is 1.72. The van der Waals surface area contributed by atoms with Crippen LogP contribution in [0.3, 0.4) is 0 Å². The number of nitrogens with zero attached hydrogens (tertiary/aromatic N) is 5. The van der Waals surface area contributed by atoms with E-state index in [4.69, 9.17) is 19.3 Å². The third-order valence-electron chi connectivity index (χ3n) is 4.77. The molecule has 0 aliphatic heterocycles. The molecular weight excluding hydrogens is 380 g/mol. The van der Waals surface area contributed by atoms with Gasteiger partial charge in [-0.05, 0) is 52.8 Å². The largest absolute Gasteiger partial charge is 0.477 e. The van der Waals surface area contributed by atoms with Crippen LogP contribution in [0.4, 0.5) is 5.69 Å². The molecule has 0 aromatic carbocycles. The lowest BCUT2D eigenvalue weighted by Gasteiger charge is -2.14. The molecule has 0 spiro atoms. The molecule has 8 nitrogen and oxygen atoms in total. The predicted octanol–water partition coefficient (Wildman–Crippen LogP) is 4.69. The fourth-order valence-corrected chi connectivity index (χ4v) is 3.45. The highest BCUT2D eigenvalue weighted by Gasteiger charge is 2.19. The van der Waals surface area contributed by atoms with Gasteiger partial charge in [-0.2, -0.15) is 5.10 Å². The lowest BCUT2D eigenvalue weighted by molar-refractivity contribution is 0.328. The van der Waals surface area contributed by atoms with Crippen LogP contribution in [0, 0.1) is 13.8 Å². The van der Waals surface area contributed by atoms with Gasteiger partial charge in [0.2, 0.25) is 5.88 Å². The van der Waals surface area contributed by atoms with E-state index in [1.165, 1.54) is 0 Å². The molecule has 4 aromatic heterocycles. The first-order valence-electron chi connectivity index (χ1n) is 10.1. The number of rotatable bonds is 7. The molecule has 0 atom stereocenters. The second kappa shape index (κ2) is 8.14. The van der Waals surface area contributed by atoms with Crippen molar-refractivity contribution in [3.8, 4) is 17.1 Å². The monoisotopic (exact) mass is 406 g/mol. The lowest BCUT2D eigenvalue weighted by Crippen LogP contribution is -2.07. The minimum atomic E-state index is 0.194. The molecule has 0 unspecified atom stereocenters. The number of pyridine rings is 2. The highest BCUT2D eigenvalue weighted by molar-refractivity contribution is 5.93. The number of ether oxygens (including phenoxy) is 1. The van der Waals surface area contributed by atoms with Crippen LogP contribution in [0.25, 0.3) is 22.3 Å². The Bertz CT molecular complexity index is 1180. The summed E-state index contributed by atoms with van der Waals surface area (Å²) in [4.78, 5) is 9.31. The maximum absolute atomic E-state index is 5.73. The molecule has 0 radical (unpaired) electrons. The second-order valence-electron chi connectivity index (χ2n) is 7.45. The van der Waals surface area contributed by atoms with Gasteiger partial charge >= 0.3 is 0 Å². The summed E-state index contributed by atoms with van der Waals surface area (Å²) < 4.78 is 13.1. The summed E-state index contributed by atoms with van der Waals surface area (Å²) in [5.74, 6) is 1.33. The van der Waals surface area contributed by atoms with E-state index < -0.39 is 0 Å². The Morgan fingerprint density at radius 2 is 2.07 bits per heavy atom. The van der Waals surface area contributed by atoms with Gasteiger partial charge in [-0.1, -0.05) is 5.16 Å². The molecule has 0 saturated carbocycles. The minimum absolute atomic E-state index is 0.194. The van der Waals surface area contributed by atoms with Crippen molar-refractivity contribution in [3.05, 3.63) is 47.6 Å². The Balaban J connectivity index is 1.86. The summed E-state index contributed by atoms with van der Waals surface area (Å²) >= 11 is 0. The molecule has 156 valence electrons. The molecular formula is C22H26N6O2. The average molecular weight is 406 g/mol. The van der Waals surface area contributed by atoms with Gasteiger partial charge in [0.1, 0.15) is 11.0 Å². The first-order chi connectivity index (χ1) is 14.5. The SMILES string of the molecule is CCOc1ncccc1-c1cc(NCc2cc(C)no2)c2c(n1)c(C)nn2C(C)C. The van der Waals surface area contributed by atoms with Crippen molar-refractivity contribution in [1.29, 1.82) is 0 Å². The number of fused-ring (bicyclic) bond motifs is 1. The topological polar surface area (TPSA) is 90.9 Å². The van der Waals surface area contributed by atoms with E-state index in [-0.39, 0.29) is 6.04 Å². The van der Waals surface area contributed by atoms with E-state index in [0.717, 1.165) is 45.1 Å². The number of anilines is 1. The van der Waals surface area contributed by atoms with E-state index >= 15 is 0 Å². The molecule has 30 heavy (non-hydrogen) atoms. The van der Waals surface area contributed by atoms with Gasteiger partial charge < -0.3 is 14.6 Å². The number of aromatic nitrogens is 5. The first kappa shape index (κ1) is 19.9. The van der Waals surface area contributed by atoms with Crippen LogP contribution >= 0.6 is 0 Å². The number of hydrogen-bond acceptors (Lipinski definition) is 7. The van der Waals surface area contributed by atoms with Crippen LogP contribution in [0.5, 0.6) is 5.88 Å². The van der Waals surface area contributed by atoms with Crippen molar-refractivity contribution in [2.24, 2.45) is 0 Å². The summed E-state index contributed by atoms with van der Waals surface area (Å²) in [6.45, 7) is 11.1. The summed E-state index contributed by atoms with van der Waals surface area (Å²) in [5, 5.41) is 12.2. The van der Waals surface area contributed by atoms with Crippen LogP contribution in [-0.4, -0.2) is 31.5 Å². The van der Waals surface area contributed by atoms with Crippen molar-refractivity contribution in [3.63, 3.8) is 0 Å². The Labute approximate surface area is 175 Å². The van der Waals surface area contributed by atoms with Crippen LogP contribution in [-0.2, 0) is 6.54 Å². The molecule has 4 rings (SSSR count). The van der Waals surface area contributed by atoms with Crippen molar-refractivity contribution in [2.75, 3.05) is 11.9 Å². The number of hydrogen-bond donors (Lipinski definition) is 1.